The van der Waals surface area contributed by atoms with Gasteiger partial charge < -0.3 is 10.1 Å². The summed E-state index contributed by atoms with van der Waals surface area (Å²) in [5, 5.41) is 2.67. The maximum absolute atomic E-state index is 12.1. The van der Waals surface area contributed by atoms with Crippen molar-refractivity contribution in [2.24, 2.45) is 0 Å². The predicted molar refractivity (Wildman–Crippen MR) is 97.9 cm³/mol. The fourth-order valence-electron chi connectivity index (χ4n) is 2.47. The second-order valence-corrected chi connectivity index (χ2v) is 6.98. The fourth-order valence-corrected chi connectivity index (χ4v) is 3.57. The van der Waals surface area contributed by atoms with Crippen molar-refractivity contribution >= 4 is 23.4 Å². The average Bonchev–Trinajstić information content (AvgIpc) is 2.53. The molecule has 2 aromatic rings. The molecular formula is C19H20F3NO2S. The first-order valence-corrected chi connectivity index (χ1v) is 8.91. The van der Waals surface area contributed by atoms with E-state index in [2.05, 4.69) is 16.1 Å². The molecule has 1 amide bonds. The van der Waals surface area contributed by atoms with Crippen LogP contribution in [-0.4, -0.2) is 18.0 Å². The molecule has 7 heteroatoms. The molecule has 0 fully saturated rings. The Morgan fingerprint density at radius 1 is 1.04 bits per heavy atom. The van der Waals surface area contributed by atoms with Crippen LogP contribution in [0.25, 0.3) is 0 Å². The van der Waals surface area contributed by atoms with Crippen molar-refractivity contribution in [3.05, 3.63) is 52.6 Å². The monoisotopic (exact) mass is 383 g/mol. The highest BCUT2D eigenvalue weighted by molar-refractivity contribution is 8.00. The van der Waals surface area contributed by atoms with Crippen molar-refractivity contribution in [2.75, 3.05) is 11.1 Å². The van der Waals surface area contributed by atoms with Gasteiger partial charge in [-0.25, -0.2) is 0 Å². The number of ether oxygens (including phenoxy) is 1. The normalized spacial score (nSPS) is 11.3. The maximum Gasteiger partial charge on any atom is 0.573 e. The number of aryl methyl sites for hydroxylation is 2. The van der Waals surface area contributed by atoms with Crippen LogP contribution >= 0.6 is 11.8 Å². The largest absolute Gasteiger partial charge is 0.573 e. The van der Waals surface area contributed by atoms with Crippen LogP contribution in [0.1, 0.15) is 22.3 Å². The van der Waals surface area contributed by atoms with Crippen molar-refractivity contribution in [1.29, 1.82) is 0 Å². The Morgan fingerprint density at radius 2 is 1.58 bits per heavy atom. The van der Waals surface area contributed by atoms with E-state index in [4.69, 9.17) is 0 Å². The lowest BCUT2D eigenvalue weighted by Crippen LogP contribution is -2.17. The average molecular weight is 383 g/mol. The first-order valence-electron chi connectivity index (χ1n) is 7.92. The Balaban J connectivity index is 1.98. The SMILES string of the molecule is Cc1cc(C)c(C)c(SCC(=O)Nc2ccc(OC(F)(F)F)cc2)c1C. The summed E-state index contributed by atoms with van der Waals surface area (Å²) in [7, 11) is 0. The summed E-state index contributed by atoms with van der Waals surface area (Å²) >= 11 is 1.45. The van der Waals surface area contributed by atoms with Crippen molar-refractivity contribution in [3.63, 3.8) is 0 Å². The van der Waals surface area contributed by atoms with E-state index >= 15 is 0 Å². The zero-order valence-corrected chi connectivity index (χ0v) is 15.8. The summed E-state index contributed by atoms with van der Waals surface area (Å²) < 4.78 is 40.2. The Morgan fingerprint density at radius 3 is 2.08 bits per heavy atom. The maximum atomic E-state index is 12.1. The molecule has 0 atom stereocenters. The summed E-state index contributed by atoms with van der Waals surface area (Å²) in [4.78, 5) is 13.2. The number of halogens is 3. The van der Waals surface area contributed by atoms with Crippen LogP contribution in [0.3, 0.4) is 0 Å². The first-order chi connectivity index (χ1) is 12.1. The smallest absolute Gasteiger partial charge is 0.406 e. The van der Waals surface area contributed by atoms with Gasteiger partial charge >= 0.3 is 6.36 Å². The molecule has 0 saturated carbocycles. The van der Waals surface area contributed by atoms with Gasteiger partial charge in [0.05, 0.1) is 5.75 Å². The molecule has 0 unspecified atom stereocenters. The lowest BCUT2D eigenvalue weighted by atomic mass is 10.0. The minimum Gasteiger partial charge on any atom is -0.406 e. The molecule has 0 aromatic heterocycles. The minimum absolute atomic E-state index is 0.214. The van der Waals surface area contributed by atoms with Gasteiger partial charge in [-0.3, -0.25) is 4.79 Å². The molecule has 26 heavy (non-hydrogen) atoms. The van der Waals surface area contributed by atoms with Gasteiger partial charge in [0.2, 0.25) is 5.91 Å². The first kappa shape index (κ1) is 20.2. The van der Waals surface area contributed by atoms with Gasteiger partial charge in [-0.05, 0) is 74.2 Å². The number of hydrogen-bond acceptors (Lipinski definition) is 3. The molecule has 0 aliphatic rings. The zero-order valence-electron chi connectivity index (χ0n) is 15.0. The van der Waals surface area contributed by atoms with E-state index in [1.807, 2.05) is 27.7 Å². The highest BCUT2D eigenvalue weighted by Crippen LogP contribution is 2.31. The number of rotatable bonds is 5. The molecule has 2 aromatic carbocycles. The number of amides is 1. The van der Waals surface area contributed by atoms with E-state index in [9.17, 15) is 18.0 Å². The van der Waals surface area contributed by atoms with Gasteiger partial charge in [-0.1, -0.05) is 6.07 Å². The third-order valence-electron chi connectivity index (χ3n) is 4.02. The van der Waals surface area contributed by atoms with Crippen LogP contribution in [0, 0.1) is 27.7 Å². The molecule has 0 bridgehead atoms. The number of benzene rings is 2. The quantitative estimate of drug-likeness (QED) is 0.688. The third kappa shape index (κ3) is 5.42. The van der Waals surface area contributed by atoms with Gasteiger partial charge in [0.25, 0.3) is 0 Å². The fraction of sp³-hybridized carbons (Fsp3) is 0.316. The Labute approximate surface area is 154 Å². The number of carbonyl (C=O) groups is 1. The van der Waals surface area contributed by atoms with Crippen LogP contribution in [0.4, 0.5) is 18.9 Å². The summed E-state index contributed by atoms with van der Waals surface area (Å²) in [6.45, 7) is 8.13. The molecular weight excluding hydrogens is 363 g/mol. The van der Waals surface area contributed by atoms with E-state index in [1.165, 1.54) is 35.0 Å². The number of anilines is 1. The summed E-state index contributed by atoms with van der Waals surface area (Å²) in [5.74, 6) is -0.338. The van der Waals surface area contributed by atoms with Crippen LogP contribution in [0.5, 0.6) is 5.75 Å². The molecule has 140 valence electrons. The summed E-state index contributed by atoms with van der Waals surface area (Å²) in [5.41, 5.74) is 5.07. The molecule has 3 nitrogen and oxygen atoms in total. The topological polar surface area (TPSA) is 38.3 Å². The van der Waals surface area contributed by atoms with E-state index < -0.39 is 6.36 Å². The summed E-state index contributed by atoms with van der Waals surface area (Å²) in [6, 6.07) is 7.19. The highest BCUT2D eigenvalue weighted by Gasteiger charge is 2.30. The number of alkyl halides is 3. The molecule has 1 N–H and O–H groups in total. The Kier molecular flexibility index (Phi) is 6.23. The number of nitrogens with one attached hydrogen (secondary N) is 1. The molecule has 0 aliphatic carbocycles. The highest BCUT2D eigenvalue weighted by atomic mass is 32.2. The molecule has 2 rings (SSSR count). The van der Waals surface area contributed by atoms with E-state index in [0.717, 1.165) is 28.2 Å². The van der Waals surface area contributed by atoms with Gasteiger partial charge in [0.15, 0.2) is 0 Å². The second-order valence-electron chi connectivity index (χ2n) is 6.00. The number of thioether (sulfide) groups is 1. The second kappa shape index (κ2) is 8.03. The van der Waals surface area contributed by atoms with Gasteiger partial charge in [-0.15, -0.1) is 24.9 Å². The van der Waals surface area contributed by atoms with Crippen LogP contribution in [0.2, 0.25) is 0 Å². The Hall–Kier alpha value is -2.15. The third-order valence-corrected chi connectivity index (χ3v) is 5.32. The van der Waals surface area contributed by atoms with E-state index in [1.54, 1.807) is 0 Å². The minimum atomic E-state index is -4.73. The lowest BCUT2D eigenvalue weighted by molar-refractivity contribution is -0.274. The van der Waals surface area contributed by atoms with Crippen LogP contribution in [-0.2, 0) is 4.79 Å². The number of carbonyl (C=O) groups excluding carboxylic acids is 1. The van der Waals surface area contributed by atoms with Crippen molar-refractivity contribution < 1.29 is 22.7 Å². The van der Waals surface area contributed by atoms with Gasteiger partial charge in [-0.2, -0.15) is 0 Å². The molecule has 0 spiro atoms. The van der Waals surface area contributed by atoms with E-state index in [0.29, 0.717) is 5.69 Å². The summed E-state index contributed by atoms with van der Waals surface area (Å²) in [6.07, 6.45) is -4.73. The van der Waals surface area contributed by atoms with Crippen LogP contribution in [0.15, 0.2) is 35.2 Å². The predicted octanol–water partition coefficient (Wildman–Crippen LogP) is 5.55. The standard InChI is InChI=1S/C19H20F3NO2S/c1-11-9-12(2)14(4)18(13(11)3)26-10-17(24)23-15-5-7-16(8-6-15)25-19(20,21)22/h5-9H,10H2,1-4H3,(H,23,24). The lowest BCUT2D eigenvalue weighted by Gasteiger charge is -2.14. The molecule has 0 radical (unpaired) electrons. The molecule has 0 saturated heterocycles. The molecule has 0 aliphatic heterocycles. The van der Waals surface area contributed by atoms with Gasteiger partial charge in [0.1, 0.15) is 5.75 Å². The molecule has 0 heterocycles. The van der Waals surface area contributed by atoms with Gasteiger partial charge in [0, 0.05) is 10.6 Å². The van der Waals surface area contributed by atoms with Crippen molar-refractivity contribution in [3.8, 4) is 5.75 Å². The van der Waals surface area contributed by atoms with Crippen molar-refractivity contribution in [1.82, 2.24) is 0 Å². The number of hydrogen-bond donors (Lipinski definition) is 1. The Bertz CT molecular complexity index is 776. The van der Waals surface area contributed by atoms with Crippen LogP contribution < -0.4 is 10.1 Å². The zero-order chi connectivity index (χ0) is 19.5. The van der Waals surface area contributed by atoms with E-state index in [-0.39, 0.29) is 17.4 Å². The van der Waals surface area contributed by atoms with Crippen molar-refractivity contribution in [2.45, 2.75) is 39.0 Å².